The minimum absolute atomic E-state index is 0.0736. The van der Waals surface area contributed by atoms with Gasteiger partial charge in [0.2, 0.25) is 6.04 Å². The predicted molar refractivity (Wildman–Crippen MR) is 98.8 cm³/mol. The highest BCUT2D eigenvalue weighted by molar-refractivity contribution is 5.09. The Kier molecular flexibility index (Phi) is 4.93. The highest BCUT2D eigenvalue weighted by Crippen LogP contribution is 2.62. The van der Waals surface area contributed by atoms with Gasteiger partial charge in [-0.2, -0.15) is 0 Å². The second kappa shape index (κ2) is 7.27. The zero-order chi connectivity index (χ0) is 18.4. The molecule has 6 atom stereocenters. The number of nitro groups is 1. The normalized spacial score (nSPS) is 44.1. The number of ether oxygens (including phenoxy) is 3. The van der Waals surface area contributed by atoms with Crippen LogP contribution in [-0.2, 0) is 14.2 Å². The summed E-state index contributed by atoms with van der Waals surface area (Å²) in [5.41, 5.74) is 0. The summed E-state index contributed by atoms with van der Waals surface area (Å²) in [6.45, 7) is 1.26. The first-order chi connectivity index (χ1) is 13.2. The van der Waals surface area contributed by atoms with Crippen LogP contribution in [0.3, 0.4) is 0 Å². The minimum atomic E-state index is -0.571. The summed E-state index contributed by atoms with van der Waals surface area (Å²) < 4.78 is 19.1. The van der Waals surface area contributed by atoms with E-state index in [1.165, 1.54) is 38.5 Å². The summed E-state index contributed by atoms with van der Waals surface area (Å²) in [6, 6.07) is -0.426. The van der Waals surface area contributed by atoms with E-state index in [2.05, 4.69) is 0 Å². The van der Waals surface area contributed by atoms with E-state index in [0.29, 0.717) is 49.6 Å². The van der Waals surface area contributed by atoms with Crippen LogP contribution in [0, 0.1) is 33.8 Å². The average Bonchev–Trinajstić information content (AvgIpc) is 3.28. The first kappa shape index (κ1) is 18.3. The van der Waals surface area contributed by atoms with Crippen molar-refractivity contribution in [1.29, 1.82) is 0 Å². The van der Waals surface area contributed by atoms with Crippen molar-refractivity contribution >= 4 is 0 Å². The second-order valence-electron chi connectivity index (χ2n) is 9.54. The summed E-state index contributed by atoms with van der Waals surface area (Å²) in [7, 11) is 0. The fraction of sp³-hybridized carbons (Fsp3) is 1.00. The third kappa shape index (κ3) is 3.12. The molecule has 5 rings (SSSR count). The molecule has 0 radical (unpaired) electrons. The van der Waals surface area contributed by atoms with Crippen molar-refractivity contribution in [3.63, 3.8) is 0 Å². The Labute approximate surface area is 161 Å². The van der Waals surface area contributed by atoms with Crippen LogP contribution in [0.2, 0.25) is 0 Å². The van der Waals surface area contributed by atoms with Gasteiger partial charge >= 0.3 is 0 Å². The molecule has 27 heavy (non-hydrogen) atoms. The number of hydrogen-bond donors (Lipinski definition) is 0. The van der Waals surface area contributed by atoms with E-state index in [9.17, 15) is 10.1 Å². The van der Waals surface area contributed by atoms with Crippen LogP contribution in [0.1, 0.15) is 70.6 Å². The number of nitrogens with zero attached hydrogens (tertiary/aromatic N) is 1. The molecule has 6 nitrogen and oxygen atoms in total. The zero-order valence-corrected chi connectivity index (χ0v) is 16.2. The molecule has 0 aromatic carbocycles. The Morgan fingerprint density at radius 2 is 1.48 bits per heavy atom. The average molecular weight is 379 g/mol. The Morgan fingerprint density at radius 3 is 2.19 bits per heavy atom. The van der Waals surface area contributed by atoms with Gasteiger partial charge in [0.25, 0.3) is 0 Å². The highest BCUT2D eigenvalue weighted by Gasteiger charge is 2.66. The molecule has 0 aromatic heterocycles. The van der Waals surface area contributed by atoms with Crippen LogP contribution in [-0.4, -0.2) is 42.2 Å². The molecule has 6 heteroatoms. The maximum absolute atomic E-state index is 11.4. The summed E-state index contributed by atoms with van der Waals surface area (Å²) >= 11 is 0. The molecule has 152 valence electrons. The van der Waals surface area contributed by atoms with E-state index in [-0.39, 0.29) is 10.8 Å². The lowest BCUT2D eigenvalue weighted by molar-refractivity contribution is -0.530. The van der Waals surface area contributed by atoms with Gasteiger partial charge < -0.3 is 14.2 Å². The van der Waals surface area contributed by atoms with Crippen LogP contribution >= 0.6 is 0 Å². The van der Waals surface area contributed by atoms with E-state index in [4.69, 9.17) is 14.2 Å². The van der Waals surface area contributed by atoms with Gasteiger partial charge in [-0.1, -0.05) is 19.3 Å². The van der Waals surface area contributed by atoms with Crippen molar-refractivity contribution in [2.75, 3.05) is 13.2 Å². The molecular weight excluding hydrogens is 346 g/mol. The molecule has 0 aromatic rings. The molecule has 1 saturated heterocycles. The maximum Gasteiger partial charge on any atom is 0.213 e. The number of hydrogen-bond acceptors (Lipinski definition) is 5. The number of fused-ring (bicyclic) bond motifs is 5. The summed E-state index contributed by atoms with van der Waals surface area (Å²) in [5.74, 6) is 1.08. The molecule has 0 amide bonds. The van der Waals surface area contributed by atoms with E-state index < -0.39 is 11.8 Å². The van der Waals surface area contributed by atoms with Gasteiger partial charge in [-0.15, -0.1) is 0 Å². The smallest absolute Gasteiger partial charge is 0.213 e. The van der Waals surface area contributed by atoms with Crippen LogP contribution < -0.4 is 0 Å². The number of rotatable bonds is 3. The van der Waals surface area contributed by atoms with E-state index in [1.807, 2.05) is 0 Å². The standard InChI is InChI=1S/C21H33NO5/c23-22(24)14-6-8-17-18-9-7-16(27-15-4-2-1-3-5-15)13-20(18)21(19(17)12-14)25-10-11-26-21/h14-20H,1-13H2. The Hall–Kier alpha value is -0.720. The lowest BCUT2D eigenvalue weighted by atomic mass is 9.72. The molecular formula is C21H33NO5. The zero-order valence-electron chi connectivity index (χ0n) is 16.2. The van der Waals surface area contributed by atoms with Crippen molar-refractivity contribution in [2.24, 2.45) is 23.7 Å². The lowest BCUT2D eigenvalue weighted by Gasteiger charge is -2.41. The van der Waals surface area contributed by atoms with Gasteiger partial charge in [0.1, 0.15) is 0 Å². The van der Waals surface area contributed by atoms with E-state index in [0.717, 1.165) is 25.7 Å². The van der Waals surface area contributed by atoms with Gasteiger partial charge in [0.15, 0.2) is 5.79 Å². The second-order valence-corrected chi connectivity index (χ2v) is 9.54. The van der Waals surface area contributed by atoms with Crippen molar-refractivity contribution in [2.45, 2.75) is 94.7 Å². The third-order valence-electron chi connectivity index (χ3n) is 8.29. The first-order valence-corrected chi connectivity index (χ1v) is 11.2. The quantitative estimate of drug-likeness (QED) is 0.549. The van der Waals surface area contributed by atoms with Crippen LogP contribution in [0.4, 0.5) is 0 Å². The molecule has 4 saturated carbocycles. The lowest BCUT2D eigenvalue weighted by Crippen LogP contribution is -2.47. The first-order valence-electron chi connectivity index (χ1n) is 11.2. The molecule has 0 bridgehead atoms. The highest BCUT2D eigenvalue weighted by atomic mass is 16.7. The monoisotopic (exact) mass is 379 g/mol. The molecule has 6 unspecified atom stereocenters. The summed E-state index contributed by atoms with van der Waals surface area (Å²) in [6.07, 6.45) is 12.7. The van der Waals surface area contributed by atoms with Gasteiger partial charge in [0.05, 0.1) is 25.4 Å². The van der Waals surface area contributed by atoms with Gasteiger partial charge in [-0.25, -0.2) is 0 Å². The van der Waals surface area contributed by atoms with Crippen LogP contribution in [0.15, 0.2) is 0 Å². The topological polar surface area (TPSA) is 70.8 Å². The molecule has 4 aliphatic carbocycles. The summed E-state index contributed by atoms with van der Waals surface area (Å²) in [5, 5.41) is 11.4. The molecule has 5 fully saturated rings. The van der Waals surface area contributed by atoms with Crippen molar-refractivity contribution in [1.82, 2.24) is 0 Å². The minimum Gasteiger partial charge on any atom is -0.375 e. The SMILES string of the molecule is O=[N+]([O-])C1CCC2C3CCC(OC4CCCCC4)CC3C3(OCCO3)C2C1. The van der Waals surface area contributed by atoms with Gasteiger partial charge in [-0.05, 0) is 50.4 Å². The van der Waals surface area contributed by atoms with Crippen LogP contribution in [0.25, 0.3) is 0 Å². The maximum atomic E-state index is 11.4. The van der Waals surface area contributed by atoms with Crippen molar-refractivity contribution < 1.29 is 19.1 Å². The molecule has 1 heterocycles. The van der Waals surface area contributed by atoms with Gasteiger partial charge in [0, 0.05) is 29.6 Å². The molecule has 5 aliphatic rings. The Morgan fingerprint density at radius 1 is 0.815 bits per heavy atom. The van der Waals surface area contributed by atoms with E-state index >= 15 is 0 Å². The largest absolute Gasteiger partial charge is 0.375 e. The van der Waals surface area contributed by atoms with Gasteiger partial charge in [-0.3, -0.25) is 10.1 Å². The van der Waals surface area contributed by atoms with Crippen molar-refractivity contribution in [3.05, 3.63) is 10.1 Å². The Bertz CT molecular complexity index is 557. The fourth-order valence-corrected chi connectivity index (χ4v) is 7.21. The van der Waals surface area contributed by atoms with E-state index in [1.54, 1.807) is 0 Å². The molecule has 1 aliphatic heterocycles. The molecule has 0 N–H and O–H groups in total. The predicted octanol–water partition coefficient (Wildman–Crippen LogP) is 3.94. The van der Waals surface area contributed by atoms with Crippen LogP contribution in [0.5, 0.6) is 0 Å². The third-order valence-corrected chi connectivity index (χ3v) is 8.29. The Balaban J connectivity index is 1.34. The summed E-state index contributed by atoms with van der Waals surface area (Å²) in [4.78, 5) is 11.4. The molecule has 1 spiro atoms. The fourth-order valence-electron chi connectivity index (χ4n) is 7.21. The van der Waals surface area contributed by atoms with Crippen molar-refractivity contribution in [3.8, 4) is 0 Å².